The number of hydrogen-bond acceptors (Lipinski definition) is 4. The molecule has 1 aromatic rings. The Kier molecular flexibility index (Phi) is 4.41. The van der Waals surface area contributed by atoms with Crippen LogP contribution in [-0.4, -0.2) is 11.0 Å². The van der Waals surface area contributed by atoms with Gasteiger partial charge in [-0.25, -0.2) is 0 Å². The summed E-state index contributed by atoms with van der Waals surface area (Å²) < 4.78 is 1.07. The van der Waals surface area contributed by atoms with Crippen LogP contribution in [0.1, 0.15) is 6.92 Å². The molecule has 0 spiro atoms. The first-order valence-corrected chi connectivity index (χ1v) is 5.45. The van der Waals surface area contributed by atoms with Crippen LogP contribution in [0.2, 0.25) is 0 Å². The molecule has 0 fully saturated rings. The average molecular weight is 331 g/mol. The number of carbonyl (C=O) groups excluding carboxylic acids is 1. The highest BCUT2D eigenvalue weighted by Gasteiger charge is 2.07. The van der Waals surface area contributed by atoms with E-state index in [1.165, 1.54) is 6.92 Å². The lowest BCUT2D eigenvalue weighted by molar-refractivity contribution is -0.114. The second-order valence-corrected chi connectivity index (χ2v) is 4.22. The second-order valence-electron chi connectivity index (χ2n) is 2.97. The summed E-state index contributed by atoms with van der Waals surface area (Å²) >= 11 is 2.16. The number of benzene rings is 1. The van der Waals surface area contributed by atoms with Crippen LogP contribution in [0, 0.1) is 3.57 Å². The largest absolute Gasteiger partial charge is 0.510 e. The van der Waals surface area contributed by atoms with Crippen molar-refractivity contribution in [1.82, 2.24) is 0 Å². The number of primary amides is 1. The van der Waals surface area contributed by atoms with Gasteiger partial charge in [-0.2, -0.15) is 5.11 Å². The van der Waals surface area contributed by atoms with Crippen LogP contribution in [0.4, 0.5) is 5.69 Å². The van der Waals surface area contributed by atoms with E-state index in [1.807, 2.05) is 12.1 Å². The van der Waals surface area contributed by atoms with Crippen LogP contribution < -0.4 is 5.73 Å². The summed E-state index contributed by atoms with van der Waals surface area (Å²) in [7, 11) is 0. The molecular weight excluding hydrogens is 321 g/mol. The predicted molar refractivity (Wildman–Crippen MR) is 68.2 cm³/mol. The van der Waals surface area contributed by atoms with Crippen molar-refractivity contribution in [3.05, 3.63) is 39.3 Å². The number of nitrogens with zero attached hydrogens (tertiary/aromatic N) is 2. The van der Waals surface area contributed by atoms with E-state index in [0.717, 1.165) is 3.57 Å². The fraction of sp³-hybridized carbons (Fsp3) is 0.100. The molecule has 0 saturated heterocycles. The molecule has 0 unspecified atom stereocenters. The third kappa shape index (κ3) is 3.61. The van der Waals surface area contributed by atoms with Gasteiger partial charge in [-0.15, -0.1) is 5.11 Å². The Balaban J connectivity index is 2.92. The minimum Gasteiger partial charge on any atom is -0.510 e. The van der Waals surface area contributed by atoms with Gasteiger partial charge in [0.1, 0.15) is 5.76 Å². The molecule has 0 radical (unpaired) electrons. The lowest BCUT2D eigenvalue weighted by Gasteiger charge is -1.96. The maximum Gasteiger partial charge on any atom is 0.272 e. The van der Waals surface area contributed by atoms with Crippen LogP contribution in [0.5, 0.6) is 0 Å². The SMILES string of the molecule is CC(O)=C(N=Nc1ccc(I)cc1)C(N)=O. The molecule has 16 heavy (non-hydrogen) atoms. The molecule has 0 aliphatic carbocycles. The summed E-state index contributed by atoms with van der Waals surface area (Å²) in [4.78, 5) is 10.9. The standard InChI is InChI=1S/C10H10IN3O2/c1-6(15)9(10(12)16)14-13-8-4-2-7(11)3-5-8/h2-5,15H,1H3,(H2,12,16). The van der Waals surface area contributed by atoms with Gasteiger partial charge < -0.3 is 10.8 Å². The van der Waals surface area contributed by atoms with Gasteiger partial charge in [-0.3, -0.25) is 4.79 Å². The van der Waals surface area contributed by atoms with Crippen molar-refractivity contribution in [3.8, 4) is 0 Å². The van der Waals surface area contributed by atoms with E-state index in [9.17, 15) is 4.79 Å². The normalized spacial score (nSPS) is 12.6. The summed E-state index contributed by atoms with van der Waals surface area (Å²) in [5.41, 5.74) is 5.36. The van der Waals surface area contributed by atoms with Crippen LogP contribution in [-0.2, 0) is 4.79 Å². The molecule has 0 aromatic heterocycles. The van der Waals surface area contributed by atoms with E-state index >= 15 is 0 Å². The van der Waals surface area contributed by atoms with Crippen molar-refractivity contribution >= 4 is 34.2 Å². The monoisotopic (exact) mass is 331 g/mol. The highest BCUT2D eigenvalue weighted by Crippen LogP contribution is 2.16. The molecule has 3 N–H and O–H groups in total. The third-order valence-electron chi connectivity index (χ3n) is 1.67. The fourth-order valence-corrected chi connectivity index (χ4v) is 1.28. The number of aliphatic hydroxyl groups excluding tert-OH is 1. The van der Waals surface area contributed by atoms with E-state index in [-0.39, 0.29) is 11.5 Å². The molecule has 0 heterocycles. The minimum atomic E-state index is -0.811. The second kappa shape index (κ2) is 5.59. The number of halogens is 1. The number of amides is 1. The molecule has 5 nitrogen and oxygen atoms in total. The molecular formula is C10H10IN3O2. The number of hydrogen-bond donors (Lipinski definition) is 2. The topological polar surface area (TPSA) is 88.0 Å². The first-order valence-electron chi connectivity index (χ1n) is 4.37. The number of rotatable bonds is 3. The van der Waals surface area contributed by atoms with Crippen molar-refractivity contribution in [2.45, 2.75) is 6.92 Å². The molecule has 0 saturated carbocycles. The van der Waals surface area contributed by atoms with Crippen molar-refractivity contribution in [3.63, 3.8) is 0 Å². The van der Waals surface area contributed by atoms with Gasteiger partial charge in [0, 0.05) is 3.57 Å². The van der Waals surface area contributed by atoms with Crippen molar-refractivity contribution in [2.75, 3.05) is 0 Å². The molecule has 1 amide bonds. The quantitative estimate of drug-likeness (QED) is 0.386. The summed E-state index contributed by atoms with van der Waals surface area (Å²) in [5, 5.41) is 16.5. The number of nitrogens with two attached hydrogens (primary N) is 1. The Morgan fingerprint density at radius 2 is 1.94 bits per heavy atom. The smallest absolute Gasteiger partial charge is 0.272 e. The van der Waals surface area contributed by atoms with Gasteiger partial charge >= 0.3 is 0 Å². The predicted octanol–water partition coefficient (Wildman–Crippen LogP) is 2.65. The number of azo groups is 1. The molecule has 0 atom stereocenters. The lowest BCUT2D eigenvalue weighted by Crippen LogP contribution is -2.13. The van der Waals surface area contributed by atoms with Gasteiger partial charge in [0.25, 0.3) is 5.91 Å². The van der Waals surface area contributed by atoms with Crippen LogP contribution in [0.25, 0.3) is 0 Å². The van der Waals surface area contributed by atoms with Crippen molar-refractivity contribution < 1.29 is 9.90 Å². The number of allylic oxidation sites excluding steroid dienone is 1. The first-order chi connectivity index (χ1) is 7.50. The van der Waals surface area contributed by atoms with Gasteiger partial charge in [-0.1, -0.05) is 0 Å². The van der Waals surface area contributed by atoms with Crippen molar-refractivity contribution in [1.29, 1.82) is 0 Å². The summed E-state index contributed by atoms with van der Waals surface area (Å²) in [6, 6.07) is 7.20. The molecule has 84 valence electrons. The van der Waals surface area contributed by atoms with Gasteiger partial charge in [0.2, 0.25) is 0 Å². The number of carbonyl (C=O) groups is 1. The fourth-order valence-electron chi connectivity index (χ4n) is 0.915. The zero-order valence-electron chi connectivity index (χ0n) is 8.51. The maximum atomic E-state index is 10.9. The minimum absolute atomic E-state index is 0.237. The molecule has 1 aromatic carbocycles. The Bertz CT molecular complexity index is 448. The molecule has 1 rings (SSSR count). The maximum absolute atomic E-state index is 10.9. The molecule has 6 heteroatoms. The van der Waals surface area contributed by atoms with E-state index in [0.29, 0.717) is 5.69 Å². The molecule has 0 aliphatic rings. The van der Waals surface area contributed by atoms with E-state index < -0.39 is 5.91 Å². The van der Waals surface area contributed by atoms with E-state index in [4.69, 9.17) is 10.8 Å². The lowest BCUT2D eigenvalue weighted by atomic mass is 10.3. The van der Waals surface area contributed by atoms with E-state index in [2.05, 4.69) is 32.8 Å². The molecule has 0 aliphatic heterocycles. The highest BCUT2D eigenvalue weighted by atomic mass is 127. The summed E-state index contributed by atoms with van der Waals surface area (Å²) in [5.74, 6) is -1.06. The summed E-state index contributed by atoms with van der Waals surface area (Å²) in [6.07, 6.45) is 0. The Morgan fingerprint density at radius 3 is 2.38 bits per heavy atom. The average Bonchev–Trinajstić information content (AvgIpc) is 2.20. The van der Waals surface area contributed by atoms with Crippen molar-refractivity contribution in [2.24, 2.45) is 16.0 Å². The Hall–Kier alpha value is -1.44. The van der Waals surface area contributed by atoms with Crippen LogP contribution in [0.15, 0.2) is 46.0 Å². The Morgan fingerprint density at radius 1 is 1.38 bits per heavy atom. The van der Waals surface area contributed by atoms with Crippen LogP contribution >= 0.6 is 22.6 Å². The zero-order valence-corrected chi connectivity index (χ0v) is 10.7. The Labute approximate surface area is 106 Å². The van der Waals surface area contributed by atoms with Crippen LogP contribution in [0.3, 0.4) is 0 Å². The zero-order chi connectivity index (χ0) is 12.1. The number of aliphatic hydroxyl groups is 1. The van der Waals surface area contributed by atoms with Gasteiger partial charge in [0.05, 0.1) is 5.69 Å². The summed E-state index contributed by atoms with van der Waals surface area (Å²) in [6.45, 7) is 1.33. The van der Waals surface area contributed by atoms with Gasteiger partial charge in [0.15, 0.2) is 5.70 Å². The van der Waals surface area contributed by atoms with E-state index in [1.54, 1.807) is 12.1 Å². The molecule has 0 bridgehead atoms. The first kappa shape index (κ1) is 12.6. The van der Waals surface area contributed by atoms with Gasteiger partial charge in [-0.05, 0) is 53.8 Å². The third-order valence-corrected chi connectivity index (χ3v) is 2.39. The highest BCUT2D eigenvalue weighted by molar-refractivity contribution is 14.1.